The minimum Gasteiger partial charge on any atom is -0.490 e. The molecule has 1 N–H and O–H groups in total. The third kappa shape index (κ3) is 5.99. The summed E-state index contributed by atoms with van der Waals surface area (Å²) in [7, 11) is 0. The maximum absolute atomic E-state index is 12.3. The lowest BCUT2D eigenvalue weighted by molar-refractivity contribution is -0.119. The molecule has 0 saturated heterocycles. The summed E-state index contributed by atoms with van der Waals surface area (Å²) >= 11 is 1.54. The van der Waals surface area contributed by atoms with E-state index in [-0.39, 0.29) is 11.9 Å². The zero-order valence-corrected chi connectivity index (χ0v) is 16.7. The van der Waals surface area contributed by atoms with Crippen molar-refractivity contribution >= 4 is 17.7 Å². The summed E-state index contributed by atoms with van der Waals surface area (Å²) in [6, 6.07) is 13.9. The molecule has 1 atom stereocenters. The second-order valence-electron chi connectivity index (χ2n) is 5.96. The van der Waals surface area contributed by atoms with Gasteiger partial charge in [0.25, 0.3) is 0 Å². The molecule has 140 valence electrons. The van der Waals surface area contributed by atoms with Crippen molar-refractivity contribution in [3.8, 4) is 11.5 Å². The Balaban J connectivity index is 1.95. The molecule has 0 aliphatic heterocycles. The van der Waals surface area contributed by atoms with E-state index in [0.717, 1.165) is 16.2 Å². The lowest BCUT2D eigenvalue weighted by Gasteiger charge is -2.17. The van der Waals surface area contributed by atoms with Gasteiger partial charge in [-0.15, -0.1) is 11.8 Å². The number of thioether (sulfide) groups is 1. The van der Waals surface area contributed by atoms with E-state index in [1.54, 1.807) is 0 Å². The predicted molar refractivity (Wildman–Crippen MR) is 107 cm³/mol. The zero-order chi connectivity index (χ0) is 18.9. The average Bonchev–Trinajstić information content (AvgIpc) is 2.63. The molecule has 1 amide bonds. The molecule has 4 nitrogen and oxygen atoms in total. The Bertz CT molecular complexity index is 716. The lowest BCUT2D eigenvalue weighted by atomic mass is 10.1. The smallest absolute Gasteiger partial charge is 0.230 e. The maximum Gasteiger partial charge on any atom is 0.230 e. The van der Waals surface area contributed by atoms with Gasteiger partial charge in [0, 0.05) is 4.90 Å². The molecule has 2 rings (SSSR count). The topological polar surface area (TPSA) is 47.6 Å². The van der Waals surface area contributed by atoms with Crippen molar-refractivity contribution in [2.75, 3.05) is 19.0 Å². The number of carbonyl (C=O) groups is 1. The number of aryl methyl sites for hydroxylation is 1. The highest BCUT2D eigenvalue weighted by atomic mass is 32.2. The first-order valence-electron chi connectivity index (χ1n) is 8.91. The molecule has 0 aliphatic carbocycles. The Kier molecular flexibility index (Phi) is 7.85. The van der Waals surface area contributed by atoms with E-state index >= 15 is 0 Å². The molecule has 0 aliphatic rings. The van der Waals surface area contributed by atoms with Crippen LogP contribution in [0.15, 0.2) is 47.4 Å². The number of nitrogens with one attached hydrogen (secondary N) is 1. The molecular formula is C21H27NO3S. The first-order valence-corrected chi connectivity index (χ1v) is 9.90. The summed E-state index contributed by atoms with van der Waals surface area (Å²) in [6.45, 7) is 9.06. The molecule has 0 spiro atoms. The number of hydrogen-bond donors (Lipinski definition) is 1. The fourth-order valence-electron chi connectivity index (χ4n) is 2.49. The molecule has 0 heterocycles. The van der Waals surface area contributed by atoms with Crippen molar-refractivity contribution in [3.63, 3.8) is 0 Å². The minimum atomic E-state index is -0.101. The van der Waals surface area contributed by atoms with Crippen molar-refractivity contribution in [1.29, 1.82) is 0 Å². The van der Waals surface area contributed by atoms with Gasteiger partial charge in [0.15, 0.2) is 11.5 Å². The molecule has 0 bridgehead atoms. The van der Waals surface area contributed by atoms with E-state index < -0.39 is 0 Å². The molecule has 5 heteroatoms. The third-order valence-electron chi connectivity index (χ3n) is 3.84. The van der Waals surface area contributed by atoms with E-state index in [1.807, 2.05) is 51.1 Å². The van der Waals surface area contributed by atoms with Gasteiger partial charge in [0.1, 0.15) is 0 Å². The summed E-state index contributed by atoms with van der Waals surface area (Å²) in [5, 5.41) is 3.04. The molecule has 2 aromatic rings. The summed E-state index contributed by atoms with van der Waals surface area (Å²) in [4.78, 5) is 13.4. The number of hydrogen-bond acceptors (Lipinski definition) is 4. The summed E-state index contributed by atoms with van der Waals surface area (Å²) in [5.74, 6) is 1.84. The van der Waals surface area contributed by atoms with Crippen LogP contribution in [0, 0.1) is 6.92 Å². The first-order chi connectivity index (χ1) is 12.5. The van der Waals surface area contributed by atoms with Crippen molar-refractivity contribution < 1.29 is 14.3 Å². The number of rotatable bonds is 9. The van der Waals surface area contributed by atoms with Gasteiger partial charge >= 0.3 is 0 Å². The molecule has 0 aromatic heterocycles. The summed E-state index contributed by atoms with van der Waals surface area (Å²) < 4.78 is 11.2. The van der Waals surface area contributed by atoms with E-state index in [2.05, 4.69) is 24.4 Å². The third-order valence-corrected chi connectivity index (χ3v) is 4.85. The maximum atomic E-state index is 12.3. The first kappa shape index (κ1) is 20.2. The quantitative estimate of drug-likeness (QED) is 0.644. The van der Waals surface area contributed by atoms with Gasteiger partial charge < -0.3 is 14.8 Å². The molecule has 0 radical (unpaired) electrons. The lowest BCUT2D eigenvalue weighted by Crippen LogP contribution is -2.28. The highest BCUT2D eigenvalue weighted by Gasteiger charge is 2.13. The van der Waals surface area contributed by atoms with E-state index in [9.17, 15) is 4.79 Å². The van der Waals surface area contributed by atoms with Gasteiger partial charge in [-0.2, -0.15) is 0 Å². The zero-order valence-electron chi connectivity index (χ0n) is 15.9. The minimum absolute atomic E-state index is 0.00918. The highest BCUT2D eigenvalue weighted by Crippen LogP contribution is 2.30. The second-order valence-corrected chi connectivity index (χ2v) is 7.01. The fourth-order valence-corrected chi connectivity index (χ4v) is 3.20. The van der Waals surface area contributed by atoms with Crippen molar-refractivity contribution in [1.82, 2.24) is 5.32 Å². The fraction of sp³-hybridized carbons (Fsp3) is 0.381. The van der Waals surface area contributed by atoms with Gasteiger partial charge in [-0.25, -0.2) is 0 Å². The van der Waals surface area contributed by atoms with Gasteiger partial charge in [-0.3, -0.25) is 4.79 Å². The molecule has 0 saturated carbocycles. The van der Waals surface area contributed by atoms with Crippen molar-refractivity contribution in [3.05, 3.63) is 53.6 Å². The predicted octanol–water partition coefficient (Wildman–Crippen LogP) is 4.76. The van der Waals surface area contributed by atoms with Crippen LogP contribution in [0.5, 0.6) is 11.5 Å². The molecule has 26 heavy (non-hydrogen) atoms. The van der Waals surface area contributed by atoms with Crippen molar-refractivity contribution in [2.45, 2.75) is 38.6 Å². The Morgan fingerprint density at radius 1 is 1.04 bits per heavy atom. The van der Waals surface area contributed by atoms with Gasteiger partial charge in [0.2, 0.25) is 5.91 Å². The van der Waals surface area contributed by atoms with Crippen LogP contribution in [0.2, 0.25) is 0 Å². The Morgan fingerprint density at radius 3 is 2.35 bits per heavy atom. The van der Waals surface area contributed by atoms with Crippen LogP contribution < -0.4 is 14.8 Å². The van der Waals surface area contributed by atoms with Crippen LogP contribution in [0.25, 0.3) is 0 Å². The van der Waals surface area contributed by atoms with E-state index in [1.165, 1.54) is 17.3 Å². The number of benzene rings is 2. The van der Waals surface area contributed by atoms with Crippen molar-refractivity contribution in [2.24, 2.45) is 0 Å². The Labute approximate surface area is 160 Å². The van der Waals surface area contributed by atoms with Crippen LogP contribution in [0.1, 0.15) is 37.9 Å². The number of amides is 1. The monoisotopic (exact) mass is 373 g/mol. The number of ether oxygens (including phenoxy) is 2. The molecule has 0 fully saturated rings. The standard InChI is InChI=1S/C21H27NO3S/c1-5-24-19-12-9-17(13-20(19)25-6-2)16(4)22-21(23)14-26-18-10-7-15(3)8-11-18/h7-13,16H,5-6,14H2,1-4H3,(H,22,23). The molecule has 2 aromatic carbocycles. The van der Waals surface area contributed by atoms with Crippen LogP contribution in [-0.4, -0.2) is 24.9 Å². The summed E-state index contributed by atoms with van der Waals surface area (Å²) in [6.07, 6.45) is 0. The highest BCUT2D eigenvalue weighted by molar-refractivity contribution is 8.00. The Hall–Kier alpha value is -2.14. The molecule has 1 unspecified atom stereocenters. The van der Waals surface area contributed by atoms with Crippen LogP contribution in [0.3, 0.4) is 0 Å². The van der Waals surface area contributed by atoms with Crippen LogP contribution >= 0.6 is 11.8 Å². The second kappa shape index (κ2) is 10.1. The average molecular weight is 374 g/mol. The van der Waals surface area contributed by atoms with Gasteiger partial charge in [-0.05, 0) is 57.5 Å². The van der Waals surface area contributed by atoms with Gasteiger partial charge in [0.05, 0.1) is 25.0 Å². The van der Waals surface area contributed by atoms with Crippen LogP contribution in [-0.2, 0) is 4.79 Å². The normalized spacial score (nSPS) is 11.7. The molecular weight excluding hydrogens is 346 g/mol. The number of carbonyl (C=O) groups excluding carboxylic acids is 1. The Morgan fingerprint density at radius 2 is 1.69 bits per heavy atom. The summed E-state index contributed by atoms with van der Waals surface area (Å²) in [5.41, 5.74) is 2.21. The largest absolute Gasteiger partial charge is 0.490 e. The van der Waals surface area contributed by atoms with Crippen LogP contribution in [0.4, 0.5) is 0 Å². The van der Waals surface area contributed by atoms with E-state index in [4.69, 9.17) is 9.47 Å². The van der Waals surface area contributed by atoms with Gasteiger partial charge in [-0.1, -0.05) is 23.8 Å². The van der Waals surface area contributed by atoms with E-state index in [0.29, 0.717) is 24.7 Å². The SMILES string of the molecule is CCOc1ccc(C(C)NC(=O)CSc2ccc(C)cc2)cc1OCC.